The second-order valence-corrected chi connectivity index (χ2v) is 4.70. The van der Waals surface area contributed by atoms with E-state index in [2.05, 4.69) is 0 Å². The summed E-state index contributed by atoms with van der Waals surface area (Å²) < 4.78 is 15.9. The van der Waals surface area contributed by atoms with Crippen molar-refractivity contribution in [2.75, 3.05) is 14.2 Å². The highest BCUT2D eigenvalue weighted by atomic mass is 16.5. The molecule has 0 saturated heterocycles. The van der Waals surface area contributed by atoms with Crippen LogP contribution in [0.25, 0.3) is 22.3 Å². The summed E-state index contributed by atoms with van der Waals surface area (Å²) in [5.41, 5.74) is 0.436. The van der Waals surface area contributed by atoms with Gasteiger partial charge in [0.1, 0.15) is 17.1 Å². The lowest BCUT2D eigenvalue weighted by Crippen LogP contribution is -2.03. The number of hydrogen-bond donors (Lipinski definition) is 1. The minimum absolute atomic E-state index is 0.113. The molecule has 3 rings (SSSR count). The van der Waals surface area contributed by atoms with Gasteiger partial charge in [-0.25, -0.2) is 0 Å². The summed E-state index contributed by atoms with van der Waals surface area (Å²) in [5, 5.41) is 10.5. The fourth-order valence-electron chi connectivity index (χ4n) is 2.25. The number of benzene rings is 2. The summed E-state index contributed by atoms with van der Waals surface area (Å²) in [4.78, 5) is 12.3. The maximum Gasteiger partial charge on any atom is 0.235 e. The van der Waals surface area contributed by atoms with Crippen molar-refractivity contribution in [3.05, 3.63) is 52.7 Å². The van der Waals surface area contributed by atoms with Crippen molar-refractivity contribution in [2.24, 2.45) is 0 Å². The molecule has 0 amide bonds. The lowest BCUT2D eigenvalue weighted by atomic mass is 10.1. The van der Waals surface area contributed by atoms with Gasteiger partial charge in [0.25, 0.3) is 0 Å². The molecule has 0 fully saturated rings. The van der Waals surface area contributed by atoms with Crippen LogP contribution in [0.15, 0.2) is 51.7 Å². The van der Waals surface area contributed by atoms with E-state index in [1.54, 1.807) is 43.5 Å². The highest BCUT2D eigenvalue weighted by Gasteiger charge is 2.16. The largest absolute Gasteiger partial charge is 0.502 e. The van der Waals surface area contributed by atoms with E-state index >= 15 is 0 Å². The molecule has 0 saturated carbocycles. The molecule has 0 atom stereocenters. The minimum atomic E-state index is -0.502. The molecule has 5 heteroatoms. The molecular weight excluding hydrogens is 284 g/mol. The Morgan fingerprint density at radius 1 is 1.00 bits per heavy atom. The summed E-state index contributed by atoms with van der Waals surface area (Å²) in [6.07, 6.45) is 0. The van der Waals surface area contributed by atoms with Gasteiger partial charge in [0.15, 0.2) is 5.76 Å². The maximum absolute atomic E-state index is 12.3. The topological polar surface area (TPSA) is 68.9 Å². The summed E-state index contributed by atoms with van der Waals surface area (Å²) in [6, 6.07) is 11.8. The van der Waals surface area contributed by atoms with E-state index in [-0.39, 0.29) is 11.1 Å². The highest BCUT2D eigenvalue weighted by Crippen LogP contribution is 2.32. The van der Waals surface area contributed by atoms with Gasteiger partial charge in [-0.05, 0) is 30.3 Å². The van der Waals surface area contributed by atoms with Gasteiger partial charge >= 0.3 is 0 Å². The van der Waals surface area contributed by atoms with Gasteiger partial charge in [0, 0.05) is 5.56 Å². The predicted octanol–water partition coefficient (Wildman–Crippen LogP) is 3.18. The van der Waals surface area contributed by atoms with E-state index in [0.29, 0.717) is 22.6 Å². The molecule has 3 aromatic rings. The van der Waals surface area contributed by atoms with Crippen molar-refractivity contribution in [2.45, 2.75) is 0 Å². The van der Waals surface area contributed by atoms with Crippen LogP contribution in [0.5, 0.6) is 17.2 Å². The minimum Gasteiger partial charge on any atom is -0.502 e. The third-order valence-corrected chi connectivity index (χ3v) is 3.41. The van der Waals surface area contributed by atoms with Crippen LogP contribution in [0.4, 0.5) is 0 Å². The van der Waals surface area contributed by atoms with E-state index in [0.717, 1.165) is 0 Å². The normalized spacial score (nSPS) is 10.6. The second-order valence-electron chi connectivity index (χ2n) is 4.70. The standard InChI is InChI=1S/C17H14O5/c1-20-11-5-3-4-10(8-11)17-16(19)15(18)13-9-12(21-2)6-7-14(13)22-17/h3-9,19H,1-2H3. The molecule has 1 aromatic heterocycles. The first-order chi connectivity index (χ1) is 10.6. The molecule has 0 bridgehead atoms. The van der Waals surface area contributed by atoms with Gasteiger partial charge in [-0.2, -0.15) is 0 Å². The molecule has 0 radical (unpaired) electrons. The first-order valence-electron chi connectivity index (χ1n) is 6.62. The smallest absolute Gasteiger partial charge is 0.235 e. The zero-order valence-electron chi connectivity index (χ0n) is 12.1. The Morgan fingerprint density at radius 2 is 1.73 bits per heavy atom. The SMILES string of the molecule is COc1cccc(-c2oc3ccc(OC)cc3c(=O)c2O)c1. The van der Waals surface area contributed by atoms with Crippen molar-refractivity contribution in [1.82, 2.24) is 0 Å². The zero-order chi connectivity index (χ0) is 15.7. The van der Waals surface area contributed by atoms with Gasteiger partial charge in [-0.15, -0.1) is 0 Å². The lowest BCUT2D eigenvalue weighted by Gasteiger charge is -2.08. The molecule has 1 heterocycles. The molecule has 22 heavy (non-hydrogen) atoms. The maximum atomic E-state index is 12.3. The third kappa shape index (κ3) is 2.26. The van der Waals surface area contributed by atoms with Gasteiger partial charge in [0.05, 0.1) is 19.6 Å². The molecule has 0 aliphatic rings. The zero-order valence-corrected chi connectivity index (χ0v) is 12.1. The number of rotatable bonds is 3. The van der Waals surface area contributed by atoms with Crippen LogP contribution < -0.4 is 14.9 Å². The Balaban J connectivity index is 2.27. The summed E-state index contributed by atoms with van der Waals surface area (Å²) in [7, 11) is 3.05. The molecule has 0 aliphatic carbocycles. The van der Waals surface area contributed by atoms with E-state index in [1.165, 1.54) is 13.2 Å². The Bertz CT molecular complexity index is 895. The van der Waals surface area contributed by atoms with Crippen LogP contribution in [0, 0.1) is 0 Å². The van der Waals surface area contributed by atoms with Crippen LogP contribution in [-0.4, -0.2) is 19.3 Å². The van der Waals surface area contributed by atoms with E-state index in [1.807, 2.05) is 0 Å². The first-order valence-corrected chi connectivity index (χ1v) is 6.62. The predicted molar refractivity (Wildman–Crippen MR) is 82.7 cm³/mol. The van der Waals surface area contributed by atoms with Gasteiger partial charge in [0.2, 0.25) is 11.2 Å². The Kier molecular flexibility index (Phi) is 3.47. The fraction of sp³-hybridized carbons (Fsp3) is 0.118. The Labute approximate surface area is 126 Å². The van der Waals surface area contributed by atoms with Crippen LogP contribution in [0.2, 0.25) is 0 Å². The molecule has 112 valence electrons. The number of methoxy groups -OCH3 is 2. The molecule has 0 aliphatic heterocycles. The summed E-state index contributed by atoms with van der Waals surface area (Å²) >= 11 is 0. The van der Waals surface area contributed by atoms with Gasteiger partial charge in [-0.1, -0.05) is 12.1 Å². The molecule has 0 unspecified atom stereocenters. The molecule has 2 aromatic carbocycles. The highest BCUT2D eigenvalue weighted by molar-refractivity contribution is 5.83. The Morgan fingerprint density at radius 3 is 2.45 bits per heavy atom. The van der Waals surface area contributed by atoms with Gasteiger partial charge < -0.3 is 19.0 Å². The molecule has 5 nitrogen and oxygen atoms in total. The molecule has 1 N–H and O–H groups in total. The summed E-state index contributed by atoms with van der Waals surface area (Å²) in [5.74, 6) is 0.804. The van der Waals surface area contributed by atoms with Crippen LogP contribution in [-0.2, 0) is 0 Å². The molecular formula is C17H14O5. The number of hydrogen-bond acceptors (Lipinski definition) is 5. The van der Waals surface area contributed by atoms with E-state index in [9.17, 15) is 9.90 Å². The van der Waals surface area contributed by atoms with Crippen molar-refractivity contribution in [3.8, 4) is 28.6 Å². The average Bonchev–Trinajstić information content (AvgIpc) is 2.57. The number of aromatic hydroxyl groups is 1. The number of fused-ring (bicyclic) bond motifs is 1. The van der Waals surface area contributed by atoms with Crippen molar-refractivity contribution >= 4 is 11.0 Å². The number of ether oxygens (including phenoxy) is 2. The molecule has 0 spiro atoms. The lowest BCUT2D eigenvalue weighted by molar-refractivity contribution is 0.414. The van der Waals surface area contributed by atoms with Crippen molar-refractivity contribution < 1.29 is 19.0 Å². The van der Waals surface area contributed by atoms with E-state index in [4.69, 9.17) is 13.9 Å². The Hall–Kier alpha value is -2.95. The first kappa shape index (κ1) is 14.0. The van der Waals surface area contributed by atoms with Gasteiger partial charge in [-0.3, -0.25) is 4.79 Å². The van der Waals surface area contributed by atoms with Crippen LogP contribution in [0.3, 0.4) is 0 Å². The third-order valence-electron chi connectivity index (χ3n) is 3.41. The fourth-order valence-corrected chi connectivity index (χ4v) is 2.25. The monoisotopic (exact) mass is 298 g/mol. The van der Waals surface area contributed by atoms with Crippen molar-refractivity contribution in [3.63, 3.8) is 0 Å². The second kappa shape index (κ2) is 5.44. The van der Waals surface area contributed by atoms with Crippen LogP contribution in [0.1, 0.15) is 0 Å². The summed E-state index contributed by atoms with van der Waals surface area (Å²) in [6.45, 7) is 0. The quantitative estimate of drug-likeness (QED) is 0.804. The van der Waals surface area contributed by atoms with Crippen molar-refractivity contribution in [1.29, 1.82) is 0 Å². The average molecular weight is 298 g/mol. The van der Waals surface area contributed by atoms with Crippen LogP contribution >= 0.6 is 0 Å². The van der Waals surface area contributed by atoms with E-state index < -0.39 is 11.2 Å².